The number of carboxylic acid groups (broad SMARTS) is 2. The zero-order chi connectivity index (χ0) is 53.2. The summed E-state index contributed by atoms with van der Waals surface area (Å²) in [5.41, 5.74) is -0.321. The lowest BCUT2D eigenvalue weighted by Gasteiger charge is -2.27. The van der Waals surface area contributed by atoms with Crippen molar-refractivity contribution in [2.24, 2.45) is 47.3 Å². The summed E-state index contributed by atoms with van der Waals surface area (Å²) in [6, 6.07) is 8.51. The van der Waals surface area contributed by atoms with Gasteiger partial charge in [-0.1, -0.05) is 130 Å². The Morgan fingerprint density at radius 2 is 0.608 bits per heavy atom. The molecule has 6 rings (SSSR count). The van der Waals surface area contributed by atoms with E-state index in [1.54, 1.807) is 0 Å². The molecule has 0 unspecified atom stereocenters. The Balaban J connectivity index is 0.000000274. The van der Waals surface area contributed by atoms with E-state index >= 15 is 0 Å². The lowest BCUT2D eigenvalue weighted by atomic mass is 9.80. The standard InChI is InChI=1S/2C31H46O6/c2*1-3-5-7-9-22-11-15-24(16-12-22)30(34)36-26-19-20-28(27(21-26)29(32)33)37-31(35)25-17-13-23(14-18-25)10-8-6-4-2/h2*19-25H,3-18H2,1-2H3,(H,32,33). The molecule has 412 valence electrons. The topological polar surface area (TPSA) is 180 Å². The Kier molecular flexibility index (Phi) is 26.5. The van der Waals surface area contributed by atoms with Gasteiger partial charge in [0.25, 0.3) is 0 Å². The van der Waals surface area contributed by atoms with Crippen LogP contribution in [-0.4, -0.2) is 46.0 Å². The van der Waals surface area contributed by atoms with Gasteiger partial charge in [-0.15, -0.1) is 0 Å². The molecular formula is C62H92O12. The fraction of sp³-hybridized carbons (Fsp3) is 0.710. The number of hydrogen-bond donors (Lipinski definition) is 2. The molecule has 0 amide bonds. The van der Waals surface area contributed by atoms with Crippen LogP contribution in [0.5, 0.6) is 23.0 Å². The fourth-order valence-corrected chi connectivity index (χ4v) is 11.9. The molecule has 0 bridgehead atoms. The van der Waals surface area contributed by atoms with Crippen molar-refractivity contribution in [3.05, 3.63) is 47.5 Å². The van der Waals surface area contributed by atoms with Crippen LogP contribution in [0.25, 0.3) is 0 Å². The third-order valence-electron chi connectivity index (χ3n) is 16.8. The molecule has 0 radical (unpaired) electrons. The van der Waals surface area contributed by atoms with E-state index in [0.717, 1.165) is 103 Å². The van der Waals surface area contributed by atoms with Gasteiger partial charge in [-0.2, -0.15) is 0 Å². The molecule has 0 spiro atoms. The summed E-state index contributed by atoms with van der Waals surface area (Å²) in [7, 11) is 0. The highest BCUT2D eigenvalue weighted by Crippen LogP contribution is 2.38. The van der Waals surface area contributed by atoms with Crippen LogP contribution in [0.1, 0.15) is 254 Å². The van der Waals surface area contributed by atoms with E-state index in [4.69, 9.17) is 18.9 Å². The van der Waals surface area contributed by atoms with Gasteiger partial charge in [0.1, 0.15) is 34.1 Å². The van der Waals surface area contributed by atoms with Gasteiger partial charge in [-0.25, -0.2) is 9.59 Å². The first-order valence-corrected chi connectivity index (χ1v) is 29.4. The van der Waals surface area contributed by atoms with E-state index in [0.29, 0.717) is 23.7 Å². The molecule has 0 saturated heterocycles. The Bertz CT molecular complexity index is 1900. The molecule has 4 aliphatic rings. The van der Waals surface area contributed by atoms with Crippen LogP contribution in [0.4, 0.5) is 0 Å². The van der Waals surface area contributed by atoms with Crippen LogP contribution in [0.3, 0.4) is 0 Å². The Hall–Kier alpha value is -4.74. The van der Waals surface area contributed by atoms with Crippen molar-refractivity contribution in [2.45, 2.75) is 233 Å². The van der Waals surface area contributed by atoms with E-state index in [1.165, 1.54) is 139 Å². The maximum atomic E-state index is 12.8. The minimum Gasteiger partial charge on any atom is -0.478 e. The highest BCUT2D eigenvalue weighted by Gasteiger charge is 2.33. The number of aromatic carboxylic acids is 2. The van der Waals surface area contributed by atoms with Crippen LogP contribution in [0.15, 0.2) is 36.4 Å². The van der Waals surface area contributed by atoms with Gasteiger partial charge in [-0.3, -0.25) is 19.2 Å². The number of ether oxygens (including phenoxy) is 4. The van der Waals surface area contributed by atoms with Crippen LogP contribution in [0.2, 0.25) is 0 Å². The second-order valence-electron chi connectivity index (χ2n) is 22.5. The van der Waals surface area contributed by atoms with E-state index in [2.05, 4.69) is 27.7 Å². The summed E-state index contributed by atoms with van der Waals surface area (Å²) in [4.78, 5) is 74.9. The first kappa shape index (κ1) is 60.1. The van der Waals surface area contributed by atoms with E-state index < -0.39 is 11.9 Å². The second-order valence-corrected chi connectivity index (χ2v) is 22.5. The largest absolute Gasteiger partial charge is 0.478 e. The molecule has 4 saturated carbocycles. The molecule has 0 aliphatic heterocycles. The molecule has 74 heavy (non-hydrogen) atoms. The molecule has 2 aromatic carbocycles. The van der Waals surface area contributed by atoms with Gasteiger partial charge in [0.15, 0.2) is 0 Å². The first-order valence-electron chi connectivity index (χ1n) is 29.4. The normalized spacial score (nSPS) is 23.8. The van der Waals surface area contributed by atoms with Gasteiger partial charge >= 0.3 is 35.8 Å². The third kappa shape index (κ3) is 20.1. The molecular weight excluding hydrogens is 937 g/mol. The predicted molar refractivity (Wildman–Crippen MR) is 288 cm³/mol. The van der Waals surface area contributed by atoms with Gasteiger partial charge in [0.05, 0.1) is 23.7 Å². The number of hydrogen-bond acceptors (Lipinski definition) is 10. The van der Waals surface area contributed by atoms with Crippen molar-refractivity contribution in [1.29, 1.82) is 0 Å². The third-order valence-corrected chi connectivity index (χ3v) is 16.8. The van der Waals surface area contributed by atoms with Crippen LogP contribution in [-0.2, 0) is 19.2 Å². The molecule has 0 aromatic heterocycles. The zero-order valence-electron chi connectivity index (χ0n) is 45.7. The van der Waals surface area contributed by atoms with Crippen molar-refractivity contribution in [3.63, 3.8) is 0 Å². The molecule has 0 heterocycles. The lowest BCUT2D eigenvalue weighted by molar-refractivity contribution is -0.141. The van der Waals surface area contributed by atoms with Crippen molar-refractivity contribution in [3.8, 4) is 23.0 Å². The summed E-state index contributed by atoms with van der Waals surface area (Å²) in [5, 5.41) is 19.4. The van der Waals surface area contributed by atoms with Gasteiger partial charge in [0, 0.05) is 0 Å². The second kappa shape index (κ2) is 32.6. The minimum absolute atomic E-state index is 0.00922. The van der Waals surface area contributed by atoms with E-state index in [1.807, 2.05) is 0 Å². The molecule has 0 atom stereocenters. The number of rotatable bonds is 26. The van der Waals surface area contributed by atoms with Crippen LogP contribution < -0.4 is 18.9 Å². The maximum absolute atomic E-state index is 12.8. The predicted octanol–water partition coefficient (Wildman–Crippen LogP) is 15.9. The number of unbranched alkanes of at least 4 members (excludes halogenated alkanes) is 8. The first-order chi connectivity index (χ1) is 35.8. The summed E-state index contributed by atoms with van der Waals surface area (Å²) in [6.07, 6.45) is 34.5. The molecule has 2 N–H and O–H groups in total. The van der Waals surface area contributed by atoms with Crippen LogP contribution in [0, 0.1) is 47.3 Å². The molecule has 4 fully saturated rings. The number of carbonyl (C=O) groups excluding carboxylic acids is 4. The number of carboxylic acids is 2. The number of carbonyl (C=O) groups is 6. The quantitative estimate of drug-likeness (QED) is 0.0518. The lowest BCUT2D eigenvalue weighted by Crippen LogP contribution is -2.26. The van der Waals surface area contributed by atoms with E-state index in [9.17, 15) is 39.0 Å². The van der Waals surface area contributed by atoms with Crippen molar-refractivity contribution in [1.82, 2.24) is 0 Å². The zero-order valence-corrected chi connectivity index (χ0v) is 45.7. The van der Waals surface area contributed by atoms with Crippen molar-refractivity contribution in [2.75, 3.05) is 0 Å². The summed E-state index contributed by atoms with van der Waals surface area (Å²) in [5.74, 6) is -1.33. The fourth-order valence-electron chi connectivity index (χ4n) is 11.9. The molecule has 2 aromatic rings. The molecule has 12 heteroatoms. The van der Waals surface area contributed by atoms with Crippen LogP contribution >= 0.6 is 0 Å². The summed E-state index contributed by atoms with van der Waals surface area (Å²) in [6.45, 7) is 8.82. The number of esters is 4. The van der Waals surface area contributed by atoms with Gasteiger partial charge < -0.3 is 29.2 Å². The summed E-state index contributed by atoms with van der Waals surface area (Å²) >= 11 is 0. The Morgan fingerprint density at radius 3 is 0.838 bits per heavy atom. The Morgan fingerprint density at radius 1 is 0.365 bits per heavy atom. The number of benzene rings is 2. The minimum atomic E-state index is -1.21. The average Bonchev–Trinajstić information content (AvgIpc) is 3.40. The van der Waals surface area contributed by atoms with E-state index in [-0.39, 0.29) is 81.7 Å². The van der Waals surface area contributed by atoms with Gasteiger partial charge in [-0.05, 0) is 163 Å². The SMILES string of the molecule is CCCCCC1CCC(C(=O)Oc2ccc(OC(=O)C3CCC(CCCCC)CC3)c(C(=O)O)c2)CC1.CCCCCC1CCC(C(=O)Oc2ccc(OC(=O)C3CCC(CCCCC)CC3)c(C(=O)O)c2)CC1. The highest BCUT2D eigenvalue weighted by atomic mass is 16.6. The maximum Gasteiger partial charge on any atom is 0.339 e. The van der Waals surface area contributed by atoms with Crippen molar-refractivity contribution >= 4 is 35.8 Å². The summed E-state index contributed by atoms with van der Waals surface area (Å²) < 4.78 is 22.2. The van der Waals surface area contributed by atoms with Gasteiger partial charge in [0.2, 0.25) is 0 Å². The monoisotopic (exact) mass is 1030 g/mol. The molecule has 4 aliphatic carbocycles. The average molecular weight is 1030 g/mol. The Labute approximate surface area is 443 Å². The highest BCUT2D eigenvalue weighted by molar-refractivity contribution is 5.94. The smallest absolute Gasteiger partial charge is 0.339 e. The molecule has 12 nitrogen and oxygen atoms in total. The van der Waals surface area contributed by atoms with Crippen molar-refractivity contribution < 1.29 is 57.9 Å².